The molecular formula is C10H8N4O7. The zero-order chi connectivity index (χ0) is 16.0. The van der Waals surface area contributed by atoms with Crippen LogP contribution in [0.3, 0.4) is 0 Å². The average Bonchev–Trinajstić information content (AvgIpc) is 2.42. The van der Waals surface area contributed by atoms with Crippen LogP contribution < -0.4 is 10.9 Å². The number of carboxylic acids is 1. The Bertz CT molecular complexity index is 640. The normalized spacial score (nSPS) is 10.1. The zero-order valence-electron chi connectivity index (χ0n) is 10.2. The Morgan fingerprint density at radius 3 is 2.33 bits per heavy atom. The Labute approximate surface area is 116 Å². The van der Waals surface area contributed by atoms with Crippen molar-refractivity contribution in [3.63, 3.8) is 0 Å². The molecule has 1 aromatic rings. The molecule has 21 heavy (non-hydrogen) atoms. The van der Waals surface area contributed by atoms with Gasteiger partial charge in [-0.05, 0) is 6.07 Å². The summed E-state index contributed by atoms with van der Waals surface area (Å²) in [5.74, 6) is -2.21. The second kappa shape index (κ2) is 6.60. The number of nitrogens with one attached hydrogen (secondary N) is 2. The second-order valence-electron chi connectivity index (χ2n) is 3.50. The van der Waals surface area contributed by atoms with Crippen LogP contribution >= 0.6 is 0 Å². The summed E-state index contributed by atoms with van der Waals surface area (Å²) in [6, 6.07) is 2.77. The number of anilines is 1. The molecule has 110 valence electrons. The fourth-order valence-corrected chi connectivity index (χ4v) is 1.21. The molecule has 0 aliphatic rings. The van der Waals surface area contributed by atoms with Crippen LogP contribution in [0.4, 0.5) is 17.1 Å². The smallest absolute Gasteiger partial charge is 0.328 e. The van der Waals surface area contributed by atoms with Gasteiger partial charge in [-0.2, -0.15) is 0 Å². The zero-order valence-corrected chi connectivity index (χ0v) is 10.2. The molecule has 1 rings (SSSR count). The van der Waals surface area contributed by atoms with E-state index in [0.29, 0.717) is 12.2 Å². The maximum Gasteiger partial charge on any atom is 0.328 e. The van der Waals surface area contributed by atoms with Gasteiger partial charge in [0.1, 0.15) is 5.69 Å². The molecule has 0 unspecified atom stereocenters. The summed E-state index contributed by atoms with van der Waals surface area (Å²) in [6.45, 7) is 0. The summed E-state index contributed by atoms with van der Waals surface area (Å²) < 4.78 is 0. The summed E-state index contributed by atoms with van der Waals surface area (Å²) >= 11 is 0. The maximum atomic E-state index is 11.2. The molecule has 0 heterocycles. The first-order valence-corrected chi connectivity index (χ1v) is 5.21. The summed E-state index contributed by atoms with van der Waals surface area (Å²) in [7, 11) is 0. The third-order valence-corrected chi connectivity index (χ3v) is 2.09. The van der Waals surface area contributed by atoms with E-state index in [-0.39, 0.29) is 5.69 Å². The lowest BCUT2D eigenvalue weighted by Gasteiger charge is -2.06. The van der Waals surface area contributed by atoms with Gasteiger partial charge in [0.25, 0.3) is 11.6 Å². The molecule has 0 fully saturated rings. The van der Waals surface area contributed by atoms with E-state index in [4.69, 9.17) is 5.11 Å². The van der Waals surface area contributed by atoms with Gasteiger partial charge in [0.2, 0.25) is 0 Å². The molecule has 0 saturated heterocycles. The van der Waals surface area contributed by atoms with E-state index >= 15 is 0 Å². The highest BCUT2D eigenvalue weighted by atomic mass is 16.6. The highest BCUT2D eigenvalue weighted by Crippen LogP contribution is 2.28. The van der Waals surface area contributed by atoms with Gasteiger partial charge in [0.15, 0.2) is 0 Å². The largest absolute Gasteiger partial charge is 0.478 e. The van der Waals surface area contributed by atoms with Gasteiger partial charge >= 0.3 is 11.7 Å². The molecule has 0 radical (unpaired) electrons. The second-order valence-corrected chi connectivity index (χ2v) is 3.50. The Morgan fingerprint density at radius 2 is 1.81 bits per heavy atom. The van der Waals surface area contributed by atoms with E-state index in [1.807, 2.05) is 5.43 Å². The van der Waals surface area contributed by atoms with Crippen molar-refractivity contribution in [3.8, 4) is 0 Å². The van der Waals surface area contributed by atoms with Crippen molar-refractivity contribution in [3.05, 3.63) is 50.6 Å². The Morgan fingerprint density at radius 1 is 1.14 bits per heavy atom. The molecule has 11 heteroatoms. The summed E-state index contributed by atoms with van der Waals surface area (Å²) in [5, 5.41) is 29.6. The summed E-state index contributed by atoms with van der Waals surface area (Å²) in [4.78, 5) is 41.0. The molecule has 1 amide bonds. The first-order chi connectivity index (χ1) is 9.81. The van der Waals surface area contributed by atoms with Gasteiger partial charge in [-0.3, -0.25) is 35.9 Å². The molecule has 0 spiro atoms. The number of amides is 1. The molecule has 1 aromatic carbocycles. The van der Waals surface area contributed by atoms with Crippen molar-refractivity contribution in [2.75, 3.05) is 5.43 Å². The highest BCUT2D eigenvalue weighted by molar-refractivity contribution is 5.94. The minimum absolute atomic E-state index is 0.192. The number of non-ortho nitro benzene ring substituents is 1. The van der Waals surface area contributed by atoms with E-state index in [0.717, 1.165) is 18.2 Å². The van der Waals surface area contributed by atoms with Crippen LogP contribution in [0.5, 0.6) is 0 Å². The SMILES string of the molecule is O=C(O)C=CC(=O)NNc1ccc([N+](=O)[O-])cc1[N+](=O)[O-]. The number of nitro groups is 2. The first-order valence-electron chi connectivity index (χ1n) is 5.21. The van der Waals surface area contributed by atoms with Crippen LogP contribution in [0.2, 0.25) is 0 Å². The van der Waals surface area contributed by atoms with Gasteiger partial charge in [0.05, 0.1) is 15.9 Å². The van der Waals surface area contributed by atoms with Crippen LogP contribution in [-0.4, -0.2) is 26.8 Å². The van der Waals surface area contributed by atoms with Crippen LogP contribution in [-0.2, 0) is 9.59 Å². The van der Waals surface area contributed by atoms with Crippen molar-refractivity contribution in [1.29, 1.82) is 0 Å². The minimum atomic E-state index is -1.34. The topological polar surface area (TPSA) is 165 Å². The predicted octanol–water partition coefficient (Wildman–Crippen LogP) is 0.587. The lowest BCUT2D eigenvalue weighted by atomic mass is 10.2. The van der Waals surface area contributed by atoms with E-state index in [1.54, 1.807) is 0 Å². The van der Waals surface area contributed by atoms with Gasteiger partial charge < -0.3 is 5.11 Å². The van der Waals surface area contributed by atoms with Crippen LogP contribution in [0.15, 0.2) is 30.4 Å². The fraction of sp³-hybridized carbons (Fsp3) is 0. The Balaban J connectivity index is 2.88. The van der Waals surface area contributed by atoms with Crippen molar-refractivity contribution >= 4 is 28.9 Å². The number of aliphatic carboxylic acids is 1. The number of rotatable bonds is 6. The molecule has 0 aliphatic heterocycles. The van der Waals surface area contributed by atoms with Crippen LogP contribution in [0.25, 0.3) is 0 Å². The molecule has 0 atom stereocenters. The number of carbonyl (C=O) groups excluding carboxylic acids is 1. The molecule has 0 saturated carbocycles. The summed E-state index contributed by atoms with van der Waals surface area (Å²) in [5.41, 5.74) is 2.87. The molecule has 0 aromatic heterocycles. The van der Waals surface area contributed by atoms with Crippen molar-refractivity contribution < 1.29 is 24.5 Å². The van der Waals surface area contributed by atoms with E-state index < -0.39 is 33.1 Å². The Kier molecular flexibility index (Phi) is 4.89. The number of carboxylic acid groups (broad SMARTS) is 1. The molecule has 0 aliphatic carbocycles. The lowest BCUT2D eigenvalue weighted by molar-refractivity contribution is -0.393. The third kappa shape index (κ3) is 4.59. The highest BCUT2D eigenvalue weighted by Gasteiger charge is 2.19. The van der Waals surface area contributed by atoms with Gasteiger partial charge in [-0.25, -0.2) is 4.79 Å². The van der Waals surface area contributed by atoms with E-state index in [1.165, 1.54) is 0 Å². The van der Waals surface area contributed by atoms with Crippen LogP contribution in [0.1, 0.15) is 0 Å². The number of nitrogens with zero attached hydrogens (tertiary/aromatic N) is 2. The molecule has 0 bridgehead atoms. The van der Waals surface area contributed by atoms with Gasteiger partial charge in [0, 0.05) is 18.2 Å². The molecule has 3 N–H and O–H groups in total. The van der Waals surface area contributed by atoms with Crippen molar-refractivity contribution in [1.82, 2.24) is 5.43 Å². The fourth-order valence-electron chi connectivity index (χ4n) is 1.21. The van der Waals surface area contributed by atoms with Gasteiger partial charge in [-0.15, -0.1) is 0 Å². The number of hydrogen-bond donors (Lipinski definition) is 3. The lowest BCUT2D eigenvalue weighted by Crippen LogP contribution is -2.28. The monoisotopic (exact) mass is 296 g/mol. The van der Waals surface area contributed by atoms with E-state index in [9.17, 15) is 29.8 Å². The van der Waals surface area contributed by atoms with Gasteiger partial charge in [-0.1, -0.05) is 0 Å². The van der Waals surface area contributed by atoms with Crippen molar-refractivity contribution in [2.24, 2.45) is 0 Å². The average molecular weight is 296 g/mol. The predicted molar refractivity (Wildman–Crippen MR) is 68.3 cm³/mol. The first kappa shape index (κ1) is 15.6. The van der Waals surface area contributed by atoms with Crippen LogP contribution in [0, 0.1) is 20.2 Å². The number of benzene rings is 1. The number of carbonyl (C=O) groups is 2. The standard InChI is InChI=1S/C10H8N4O7/c15-9(3-4-10(16)17)12-11-7-2-1-6(13(18)19)5-8(7)14(20)21/h1-5,11H,(H,12,15)(H,16,17). The summed E-state index contributed by atoms with van der Waals surface area (Å²) in [6.07, 6.45) is 1.26. The number of nitro benzene ring substituents is 2. The third-order valence-electron chi connectivity index (χ3n) is 2.09. The molecular weight excluding hydrogens is 288 g/mol. The number of hydrazine groups is 1. The molecule has 11 nitrogen and oxygen atoms in total. The van der Waals surface area contributed by atoms with E-state index in [2.05, 4.69) is 5.43 Å². The minimum Gasteiger partial charge on any atom is -0.478 e. The number of hydrogen-bond acceptors (Lipinski definition) is 7. The van der Waals surface area contributed by atoms with Crippen molar-refractivity contribution in [2.45, 2.75) is 0 Å². The maximum absolute atomic E-state index is 11.2. The quantitative estimate of drug-likeness (QED) is 0.389. The Hall–Kier alpha value is -3.50.